The Morgan fingerprint density at radius 2 is 2.11 bits per heavy atom. The van der Waals surface area contributed by atoms with Gasteiger partial charge in [-0.1, -0.05) is 0 Å². The summed E-state index contributed by atoms with van der Waals surface area (Å²) in [7, 11) is 2.17. The van der Waals surface area contributed by atoms with Crippen LogP contribution in [0, 0.1) is 0 Å². The van der Waals surface area contributed by atoms with Crippen LogP contribution in [0.2, 0.25) is 0 Å². The van der Waals surface area contributed by atoms with Crippen molar-refractivity contribution in [3.63, 3.8) is 0 Å². The van der Waals surface area contributed by atoms with E-state index in [4.69, 9.17) is 0 Å². The van der Waals surface area contributed by atoms with Crippen LogP contribution in [0.1, 0.15) is 30.6 Å². The Hall–Kier alpha value is -0.870. The van der Waals surface area contributed by atoms with Crippen molar-refractivity contribution >= 4 is 27.4 Å². The Morgan fingerprint density at radius 3 is 2.74 bits per heavy atom. The van der Waals surface area contributed by atoms with Gasteiger partial charge in [0.2, 0.25) is 0 Å². The van der Waals surface area contributed by atoms with Crippen molar-refractivity contribution in [2.75, 3.05) is 31.6 Å². The van der Waals surface area contributed by atoms with Crippen LogP contribution in [0.4, 0.5) is 5.69 Å². The van der Waals surface area contributed by atoms with Crippen LogP contribution in [-0.2, 0) is 0 Å². The highest BCUT2D eigenvalue weighted by atomic mass is 79.9. The van der Waals surface area contributed by atoms with E-state index < -0.39 is 0 Å². The number of carbonyl (C=O) groups is 1. The van der Waals surface area contributed by atoms with Gasteiger partial charge in [-0.05, 0) is 68.0 Å². The van der Waals surface area contributed by atoms with E-state index in [2.05, 4.69) is 45.8 Å². The van der Waals surface area contributed by atoms with E-state index in [0.717, 1.165) is 29.7 Å². The maximum atomic E-state index is 11.4. The maximum Gasteiger partial charge on any atom is 0.159 e. The van der Waals surface area contributed by atoms with Gasteiger partial charge >= 0.3 is 0 Å². The molecular weight excluding hydrogens is 304 g/mol. The topological polar surface area (TPSA) is 23.6 Å². The van der Waals surface area contributed by atoms with Gasteiger partial charge in [0, 0.05) is 29.2 Å². The molecule has 1 fully saturated rings. The van der Waals surface area contributed by atoms with Gasteiger partial charge in [0.15, 0.2) is 5.78 Å². The normalized spacial score (nSPS) is 21.3. The van der Waals surface area contributed by atoms with Crippen LogP contribution in [0.15, 0.2) is 22.7 Å². The first-order valence-electron chi connectivity index (χ1n) is 6.74. The minimum absolute atomic E-state index is 0.107. The fourth-order valence-corrected chi connectivity index (χ4v) is 3.30. The molecule has 0 aromatic heterocycles. The van der Waals surface area contributed by atoms with Crippen molar-refractivity contribution in [3.05, 3.63) is 28.2 Å². The summed E-state index contributed by atoms with van der Waals surface area (Å²) in [4.78, 5) is 16.2. The smallest absolute Gasteiger partial charge is 0.159 e. The molecule has 0 saturated carbocycles. The second-order valence-corrected chi connectivity index (χ2v) is 6.23. The molecule has 1 heterocycles. The molecule has 0 amide bonds. The molecule has 0 N–H and O–H groups in total. The zero-order valence-electron chi connectivity index (χ0n) is 11.8. The lowest BCUT2D eigenvalue weighted by atomic mass is 10.1. The van der Waals surface area contributed by atoms with E-state index in [9.17, 15) is 4.79 Å². The molecule has 0 bridgehead atoms. The van der Waals surface area contributed by atoms with Crippen molar-refractivity contribution < 1.29 is 4.79 Å². The first kappa shape index (κ1) is 14.5. The first-order chi connectivity index (χ1) is 8.99. The molecule has 0 radical (unpaired) electrons. The van der Waals surface area contributed by atoms with E-state index in [1.54, 1.807) is 6.92 Å². The van der Waals surface area contributed by atoms with Crippen molar-refractivity contribution in [1.29, 1.82) is 0 Å². The summed E-state index contributed by atoms with van der Waals surface area (Å²) in [6.45, 7) is 7.13. The largest absolute Gasteiger partial charge is 0.367 e. The second kappa shape index (κ2) is 6.06. The highest BCUT2D eigenvalue weighted by Gasteiger charge is 2.21. The molecule has 1 unspecified atom stereocenters. The fraction of sp³-hybridized carbons (Fsp3) is 0.533. The van der Waals surface area contributed by atoms with Gasteiger partial charge in [-0.2, -0.15) is 0 Å². The van der Waals surface area contributed by atoms with Crippen LogP contribution in [0.25, 0.3) is 0 Å². The highest BCUT2D eigenvalue weighted by Crippen LogP contribution is 2.30. The number of likely N-dealkylation sites (N-methyl/N-ethyl adjacent to an activating group) is 1. The maximum absolute atomic E-state index is 11.4. The van der Waals surface area contributed by atoms with Gasteiger partial charge in [-0.15, -0.1) is 0 Å². The van der Waals surface area contributed by atoms with Crippen LogP contribution in [0.3, 0.4) is 0 Å². The molecule has 4 heteroatoms. The van der Waals surface area contributed by atoms with Crippen molar-refractivity contribution in [3.8, 4) is 0 Å². The van der Waals surface area contributed by atoms with Gasteiger partial charge < -0.3 is 9.80 Å². The summed E-state index contributed by atoms with van der Waals surface area (Å²) < 4.78 is 1.01. The van der Waals surface area contributed by atoms with Crippen LogP contribution in [0.5, 0.6) is 0 Å². The summed E-state index contributed by atoms with van der Waals surface area (Å²) >= 11 is 3.61. The Labute approximate surface area is 123 Å². The van der Waals surface area contributed by atoms with Gasteiger partial charge in [0.25, 0.3) is 0 Å². The molecule has 104 valence electrons. The fourth-order valence-electron chi connectivity index (χ4n) is 2.69. The summed E-state index contributed by atoms with van der Waals surface area (Å²) in [5, 5.41) is 0. The minimum Gasteiger partial charge on any atom is -0.367 e. The molecule has 1 saturated heterocycles. The van der Waals surface area contributed by atoms with Crippen LogP contribution < -0.4 is 4.90 Å². The van der Waals surface area contributed by atoms with Crippen molar-refractivity contribution in [2.45, 2.75) is 26.3 Å². The number of carbonyl (C=O) groups excluding carboxylic acids is 1. The number of halogens is 1. The molecular formula is C15H21BrN2O. The number of hydrogen-bond donors (Lipinski definition) is 0. The lowest BCUT2D eigenvalue weighted by molar-refractivity contribution is 0.101. The lowest BCUT2D eigenvalue weighted by Crippen LogP contribution is -2.38. The number of anilines is 1. The zero-order valence-corrected chi connectivity index (χ0v) is 13.4. The molecule has 1 aliphatic heterocycles. The summed E-state index contributed by atoms with van der Waals surface area (Å²) in [6, 6.07) is 6.39. The number of benzene rings is 1. The van der Waals surface area contributed by atoms with Gasteiger partial charge in [-0.3, -0.25) is 4.79 Å². The molecule has 2 rings (SSSR count). The average Bonchev–Trinajstić information content (AvgIpc) is 2.50. The van der Waals surface area contributed by atoms with E-state index >= 15 is 0 Å². The average molecular weight is 325 g/mol. The van der Waals surface area contributed by atoms with Crippen molar-refractivity contribution in [1.82, 2.24) is 4.90 Å². The summed E-state index contributed by atoms with van der Waals surface area (Å²) in [5.74, 6) is 0.107. The summed E-state index contributed by atoms with van der Waals surface area (Å²) in [5.41, 5.74) is 1.95. The molecule has 3 nitrogen and oxygen atoms in total. The molecule has 0 spiro atoms. The molecule has 1 aromatic carbocycles. The molecule has 1 atom stereocenters. The quantitative estimate of drug-likeness (QED) is 0.780. The molecule has 1 aliphatic rings. The van der Waals surface area contributed by atoms with Crippen molar-refractivity contribution in [2.24, 2.45) is 0 Å². The number of rotatable bonds is 2. The Balaban J connectivity index is 2.27. The Morgan fingerprint density at radius 1 is 1.37 bits per heavy atom. The molecule has 1 aromatic rings. The minimum atomic E-state index is 0.107. The third-order valence-corrected chi connectivity index (χ3v) is 4.35. The third kappa shape index (κ3) is 3.37. The van der Waals surface area contributed by atoms with E-state index in [-0.39, 0.29) is 5.78 Å². The zero-order chi connectivity index (χ0) is 14.0. The molecule has 0 aliphatic carbocycles. The number of nitrogens with zero attached hydrogens (tertiary/aromatic N) is 2. The summed E-state index contributed by atoms with van der Waals surface area (Å²) in [6.07, 6.45) is 1.17. The third-order valence-electron chi connectivity index (χ3n) is 3.71. The predicted octanol–water partition coefficient (Wildman–Crippen LogP) is 3.18. The van der Waals surface area contributed by atoms with Gasteiger partial charge in [0.05, 0.1) is 5.69 Å². The monoisotopic (exact) mass is 324 g/mol. The lowest BCUT2D eigenvalue weighted by Gasteiger charge is -2.31. The van der Waals surface area contributed by atoms with Crippen LogP contribution >= 0.6 is 15.9 Å². The van der Waals surface area contributed by atoms with E-state index in [1.807, 2.05) is 12.1 Å². The van der Waals surface area contributed by atoms with Gasteiger partial charge in [-0.25, -0.2) is 0 Å². The van der Waals surface area contributed by atoms with E-state index in [0.29, 0.717) is 6.04 Å². The Bertz CT molecular complexity index is 475. The second-order valence-electron chi connectivity index (χ2n) is 5.38. The van der Waals surface area contributed by atoms with Crippen LogP contribution in [-0.4, -0.2) is 43.4 Å². The SMILES string of the molecule is CC(=O)c1ccc(N2CCCN(C)CC2C)c(Br)c1. The van der Waals surface area contributed by atoms with E-state index in [1.165, 1.54) is 12.1 Å². The standard InChI is InChI=1S/C15H21BrN2O/c1-11-10-17(3)7-4-8-18(11)15-6-5-13(12(2)19)9-14(15)16/h5-6,9,11H,4,7-8,10H2,1-3H3. The highest BCUT2D eigenvalue weighted by molar-refractivity contribution is 9.10. The Kier molecular flexibility index (Phi) is 4.63. The number of ketones is 1. The first-order valence-corrected chi connectivity index (χ1v) is 7.54. The molecule has 19 heavy (non-hydrogen) atoms. The number of hydrogen-bond acceptors (Lipinski definition) is 3. The van der Waals surface area contributed by atoms with Gasteiger partial charge in [0.1, 0.15) is 0 Å². The predicted molar refractivity (Wildman–Crippen MR) is 83.1 cm³/mol. The number of Topliss-reactive ketones (excluding diaryl/α,β-unsaturated/α-hetero) is 1.